The van der Waals surface area contributed by atoms with Crippen LogP contribution in [0.3, 0.4) is 0 Å². The van der Waals surface area contributed by atoms with Gasteiger partial charge in [-0.25, -0.2) is 13.1 Å². The van der Waals surface area contributed by atoms with E-state index < -0.39 is 10.0 Å². The lowest BCUT2D eigenvalue weighted by Gasteiger charge is -2.13. The number of benzene rings is 1. The molecule has 0 aromatic heterocycles. The topological polar surface area (TPSA) is 55.4 Å². The van der Waals surface area contributed by atoms with Crippen LogP contribution in [0, 0.1) is 0 Å². The molecular formula is C10H14BrNO3S. The number of hydrogen-bond donors (Lipinski definition) is 1. The predicted octanol–water partition coefficient (Wildman–Crippen LogP) is 1.76. The van der Waals surface area contributed by atoms with Gasteiger partial charge in [0.15, 0.2) is 0 Å². The van der Waals surface area contributed by atoms with Crippen LogP contribution in [0.1, 0.15) is 6.92 Å². The van der Waals surface area contributed by atoms with Crippen LogP contribution in [-0.4, -0.2) is 28.2 Å². The molecule has 6 heteroatoms. The van der Waals surface area contributed by atoms with Gasteiger partial charge in [0.25, 0.3) is 0 Å². The maximum absolute atomic E-state index is 11.8. The molecule has 1 N–H and O–H groups in total. The second kappa shape index (κ2) is 5.77. The summed E-state index contributed by atoms with van der Waals surface area (Å²) in [4.78, 5) is 0.249. The lowest BCUT2D eigenvalue weighted by molar-refractivity contribution is 0.180. The molecule has 1 atom stereocenters. The van der Waals surface area contributed by atoms with Crippen molar-refractivity contribution in [3.8, 4) is 0 Å². The Labute approximate surface area is 104 Å². The maximum Gasteiger partial charge on any atom is 0.240 e. The second-order valence-corrected chi connectivity index (χ2v) is 6.06. The van der Waals surface area contributed by atoms with Crippen molar-refractivity contribution in [3.05, 3.63) is 28.7 Å². The zero-order chi connectivity index (χ0) is 12.2. The normalized spacial score (nSPS) is 13.7. The van der Waals surface area contributed by atoms with Crippen molar-refractivity contribution in [1.29, 1.82) is 0 Å². The van der Waals surface area contributed by atoms with Gasteiger partial charge in [0.05, 0.1) is 11.5 Å². The Bertz CT molecular complexity index is 430. The van der Waals surface area contributed by atoms with Crippen LogP contribution in [0.15, 0.2) is 33.6 Å². The highest BCUT2D eigenvalue weighted by molar-refractivity contribution is 9.10. The molecular weight excluding hydrogens is 294 g/mol. The Morgan fingerprint density at radius 3 is 2.44 bits per heavy atom. The summed E-state index contributed by atoms with van der Waals surface area (Å²) in [5.41, 5.74) is 0. The lowest BCUT2D eigenvalue weighted by Crippen LogP contribution is -2.35. The first-order chi connectivity index (χ1) is 7.45. The number of hydrogen-bond acceptors (Lipinski definition) is 3. The Hall–Kier alpha value is -0.430. The third-order valence-electron chi connectivity index (χ3n) is 1.90. The molecule has 0 aliphatic rings. The van der Waals surface area contributed by atoms with Gasteiger partial charge in [0.2, 0.25) is 10.0 Å². The predicted molar refractivity (Wildman–Crippen MR) is 65.8 cm³/mol. The van der Waals surface area contributed by atoms with Gasteiger partial charge < -0.3 is 4.74 Å². The highest BCUT2D eigenvalue weighted by Crippen LogP contribution is 2.14. The zero-order valence-corrected chi connectivity index (χ0v) is 11.5. The molecule has 90 valence electrons. The number of halogens is 1. The molecule has 0 bridgehead atoms. The summed E-state index contributed by atoms with van der Waals surface area (Å²) in [6.45, 7) is 2.09. The molecule has 0 radical (unpaired) electrons. The van der Waals surface area contributed by atoms with E-state index >= 15 is 0 Å². The van der Waals surface area contributed by atoms with E-state index in [0.29, 0.717) is 6.61 Å². The SMILES string of the molecule is COCC(C)NS(=O)(=O)c1ccc(Br)cc1. The first kappa shape index (κ1) is 13.6. The first-order valence-corrected chi connectivity index (χ1v) is 7.00. The zero-order valence-electron chi connectivity index (χ0n) is 9.10. The van der Waals surface area contributed by atoms with Gasteiger partial charge in [-0.05, 0) is 31.2 Å². The van der Waals surface area contributed by atoms with Crippen LogP contribution >= 0.6 is 15.9 Å². The van der Waals surface area contributed by atoms with Crippen LogP contribution in [0.4, 0.5) is 0 Å². The van der Waals surface area contributed by atoms with E-state index in [2.05, 4.69) is 20.7 Å². The van der Waals surface area contributed by atoms with E-state index in [1.807, 2.05) is 0 Å². The van der Waals surface area contributed by atoms with Crippen molar-refractivity contribution in [2.45, 2.75) is 17.9 Å². The number of rotatable bonds is 5. The van der Waals surface area contributed by atoms with Gasteiger partial charge in [0.1, 0.15) is 0 Å². The van der Waals surface area contributed by atoms with Crippen LogP contribution in [0.5, 0.6) is 0 Å². The van der Waals surface area contributed by atoms with Crippen molar-refractivity contribution >= 4 is 26.0 Å². The number of nitrogens with one attached hydrogen (secondary N) is 1. The van der Waals surface area contributed by atoms with Crippen LogP contribution in [-0.2, 0) is 14.8 Å². The molecule has 1 aromatic carbocycles. The molecule has 0 spiro atoms. The molecule has 1 unspecified atom stereocenters. The second-order valence-electron chi connectivity index (χ2n) is 3.43. The molecule has 0 fully saturated rings. The molecule has 0 aliphatic heterocycles. The molecule has 0 heterocycles. The van der Waals surface area contributed by atoms with Gasteiger partial charge >= 0.3 is 0 Å². The lowest BCUT2D eigenvalue weighted by atomic mass is 10.4. The van der Waals surface area contributed by atoms with Crippen LogP contribution in [0.2, 0.25) is 0 Å². The average Bonchev–Trinajstić information content (AvgIpc) is 2.17. The van der Waals surface area contributed by atoms with Gasteiger partial charge in [-0.2, -0.15) is 0 Å². The van der Waals surface area contributed by atoms with Gasteiger partial charge in [-0.1, -0.05) is 15.9 Å². The van der Waals surface area contributed by atoms with E-state index in [9.17, 15) is 8.42 Å². The standard InChI is InChI=1S/C10H14BrNO3S/c1-8(7-15-2)12-16(13,14)10-5-3-9(11)4-6-10/h3-6,8,12H,7H2,1-2H3. The summed E-state index contributed by atoms with van der Waals surface area (Å²) in [5.74, 6) is 0. The van der Waals surface area contributed by atoms with Crippen LogP contribution < -0.4 is 4.72 Å². The summed E-state index contributed by atoms with van der Waals surface area (Å²) in [7, 11) is -1.92. The summed E-state index contributed by atoms with van der Waals surface area (Å²) in [6.07, 6.45) is 0. The van der Waals surface area contributed by atoms with E-state index in [-0.39, 0.29) is 10.9 Å². The largest absolute Gasteiger partial charge is 0.383 e. The fourth-order valence-electron chi connectivity index (χ4n) is 1.23. The third kappa shape index (κ3) is 3.86. The quantitative estimate of drug-likeness (QED) is 0.902. The minimum absolute atomic E-state index is 0.249. The monoisotopic (exact) mass is 307 g/mol. The van der Waals surface area contributed by atoms with Crippen molar-refractivity contribution in [1.82, 2.24) is 4.72 Å². The summed E-state index contributed by atoms with van der Waals surface area (Å²) >= 11 is 3.25. The molecule has 0 saturated carbocycles. The fraction of sp³-hybridized carbons (Fsp3) is 0.400. The van der Waals surface area contributed by atoms with Crippen LogP contribution in [0.25, 0.3) is 0 Å². The Morgan fingerprint density at radius 1 is 1.38 bits per heavy atom. The smallest absolute Gasteiger partial charge is 0.240 e. The molecule has 0 amide bonds. The summed E-state index contributed by atoms with van der Waals surface area (Å²) < 4.78 is 31.9. The minimum atomic E-state index is -3.45. The molecule has 0 aliphatic carbocycles. The van der Waals surface area contributed by atoms with E-state index in [1.54, 1.807) is 31.2 Å². The van der Waals surface area contributed by atoms with Crippen molar-refractivity contribution < 1.29 is 13.2 Å². The Morgan fingerprint density at radius 2 is 1.94 bits per heavy atom. The van der Waals surface area contributed by atoms with E-state index in [1.165, 1.54) is 7.11 Å². The van der Waals surface area contributed by atoms with E-state index in [4.69, 9.17) is 4.74 Å². The fourth-order valence-corrected chi connectivity index (χ4v) is 2.72. The first-order valence-electron chi connectivity index (χ1n) is 4.72. The van der Waals surface area contributed by atoms with Gasteiger partial charge in [-0.15, -0.1) is 0 Å². The highest BCUT2D eigenvalue weighted by Gasteiger charge is 2.16. The van der Waals surface area contributed by atoms with Gasteiger partial charge in [-0.3, -0.25) is 0 Å². The number of ether oxygens (including phenoxy) is 1. The molecule has 1 aromatic rings. The summed E-state index contributed by atoms with van der Waals surface area (Å²) in [5, 5.41) is 0. The minimum Gasteiger partial charge on any atom is -0.383 e. The summed E-state index contributed by atoms with van der Waals surface area (Å²) in [6, 6.07) is 6.22. The molecule has 1 rings (SSSR count). The van der Waals surface area contributed by atoms with E-state index in [0.717, 1.165) is 4.47 Å². The van der Waals surface area contributed by atoms with Gasteiger partial charge in [0, 0.05) is 17.6 Å². The van der Waals surface area contributed by atoms with Crippen molar-refractivity contribution in [2.75, 3.05) is 13.7 Å². The Balaban J connectivity index is 2.82. The van der Waals surface area contributed by atoms with Crippen molar-refractivity contribution in [2.24, 2.45) is 0 Å². The number of methoxy groups -OCH3 is 1. The molecule has 0 saturated heterocycles. The number of sulfonamides is 1. The van der Waals surface area contributed by atoms with Crippen molar-refractivity contribution in [3.63, 3.8) is 0 Å². The maximum atomic E-state index is 11.8. The third-order valence-corrected chi connectivity index (χ3v) is 4.03. The molecule has 16 heavy (non-hydrogen) atoms. The Kier molecular flexibility index (Phi) is 4.91. The molecule has 4 nitrogen and oxygen atoms in total. The average molecular weight is 308 g/mol. The highest BCUT2D eigenvalue weighted by atomic mass is 79.9.